The molecule has 0 aliphatic rings. The van der Waals surface area contributed by atoms with Gasteiger partial charge in [0.25, 0.3) is 0 Å². The van der Waals surface area contributed by atoms with Crippen LogP contribution in [0, 0.1) is 0 Å². The number of carbonyl (C=O) groups is 1. The van der Waals surface area contributed by atoms with Gasteiger partial charge in [-0.3, -0.25) is 0 Å². The van der Waals surface area contributed by atoms with Gasteiger partial charge in [0.2, 0.25) is 0 Å². The van der Waals surface area contributed by atoms with Crippen molar-refractivity contribution < 1.29 is 15.0 Å². The van der Waals surface area contributed by atoms with Gasteiger partial charge in [-0.2, -0.15) is 0 Å². The number of carboxylic acids is 1. The van der Waals surface area contributed by atoms with Crippen LogP contribution < -0.4 is 0 Å². The molecule has 1 aromatic carbocycles. The van der Waals surface area contributed by atoms with Crippen molar-refractivity contribution in [2.24, 2.45) is 0 Å². The van der Waals surface area contributed by atoms with Gasteiger partial charge in [0, 0.05) is 4.90 Å². The lowest BCUT2D eigenvalue weighted by atomic mass is 10.2. The molecule has 0 aliphatic carbocycles. The smallest absolute Gasteiger partial charge is 0.339 e. The summed E-state index contributed by atoms with van der Waals surface area (Å²) in [5.41, 5.74) is -0.127. The maximum absolute atomic E-state index is 10.4. The molecule has 3 nitrogen and oxygen atoms in total. The highest BCUT2D eigenvalue weighted by molar-refractivity contribution is 7.80. The quantitative estimate of drug-likeness (QED) is 0.588. The fourth-order valence-corrected chi connectivity index (χ4v) is 0.910. The highest BCUT2D eigenvalue weighted by atomic mass is 32.1. The van der Waals surface area contributed by atoms with Crippen molar-refractivity contribution in [1.29, 1.82) is 0 Å². The van der Waals surface area contributed by atoms with Gasteiger partial charge in [0.1, 0.15) is 11.3 Å². The third-order valence-electron chi connectivity index (χ3n) is 1.25. The van der Waals surface area contributed by atoms with E-state index in [-0.39, 0.29) is 23.6 Å². The van der Waals surface area contributed by atoms with E-state index in [9.17, 15) is 4.79 Å². The maximum Gasteiger partial charge on any atom is 0.339 e. The third kappa shape index (κ3) is 1.92. The molecule has 0 fully saturated rings. The number of rotatable bonds is 1. The number of thiol groups is 1. The van der Waals surface area contributed by atoms with Crippen LogP contribution in [-0.2, 0) is 0 Å². The van der Waals surface area contributed by atoms with E-state index >= 15 is 0 Å². The van der Waals surface area contributed by atoms with Crippen LogP contribution in [-0.4, -0.2) is 16.2 Å². The lowest BCUT2D eigenvalue weighted by Crippen LogP contribution is -1.96. The van der Waals surface area contributed by atoms with Gasteiger partial charge >= 0.3 is 5.97 Å². The maximum atomic E-state index is 10.4. The molecule has 66 valence electrons. The molecule has 0 atom stereocenters. The summed E-state index contributed by atoms with van der Waals surface area (Å²) in [6, 6.07) is 4.35. The lowest BCUT2D eigenvalue weighted by molar-refractivity contribution is 0.0693. The van der Waals surface area contributed by atoms with E-state index < -0.39 is 5.97 Å². The Bertz CT molecular complexity index is 296. The van der Waals surface area contributed by atoms with Crippen molar-refractivity contribution in [2.75, 3.05) is 0 Å². The molecule has 0 amide bonds. The van der Waals surface area contributed by atoms with Crippen molar-refractivity contribution in [3.63, 3.8) is 0 Å². The lowest BCUT2D eigenvalue weighted by Gasteiger charge is -1.99. The van der Waals surface area contributed by atoms with E-state index in [1.165, 1.54) is 18.2 Å². The van der Waals surface area contributed by atoms with E-state index in [1.807, 2.05) is 0 Å². The first-order chi connectivity index (χ1) is 5.13. The minimum atomic E-state index is -1.15. The number of hydrogen-bond acceptors (Lipinski definition) is 3. The van der Waals surface area contributed by atoms with Crippen molar-refractivity contribution in [3.8, 4) is 5.75 Å². The van der Waals surface area contributed by atoms with Crippen molar-refractivity contribution >= 4 is 18.6 Å². The summed E-state index contributed by atoms with van der Waals surface area (Å²) in [5.74, 6) is -1.44. The van der Waals surface area contributed by atoms with Crippen LogP contribution in [0.4, 0.5) is 0 Å². The zero-order valence-electron chi connectivity index (χ0n) is 5.48. The third-order valence-corrected chi connectivity index (χ3v) is 1.61. The molecule has 12 heavy (non-hydrogen) atoms. The highest BCUT2D eigenvalue weighted by Crippen LogP contribution is 2.24. The zero-order chi connectivity index (χ0) is 8.43. The van der Waals surface area contributed by atoms with Gasteiger partial charge in [-0.05, 0) is 12.1 Å². The monoisotopic (exact) mass is 186 g/mol. The van der Waals surface area contributed by atoms with Gasteiger partial charge in [-0.1, -0.05) is 13.5 Å². The number of hydrogen-bond donors (Lipinski definition) is 3. The standard InChI is InChI=1S/C7H6O3S.CH4/c8-6-4(7(9)10)2-1-3-5(6)11;/h1-3,8,11H,(H,9,10);1H4. The molecule has 4 heteroatoms. The topological polar surface area (TPSA) is 57.5 Å². The minimum Gasteiger partial charge on any atom is -0.506 e. The van der Waals surface area contributed by atoms with E-state index in [0.717, 1.165) is 0 Å². The molecule has 0 bridgehead atoms. The van der Waals surface area contributed by atoms with Crippen LogP contribution >= 0.6 is 12.6 Å². The predicted molar refractivity (Wildman–Crippen MR) is 49.0 cm³/mol. The van der Waals surface area contributed by atoms with Gasteiger partial charge in [0.15, 0.2) is 0 Å². The molecule has 0 aromatic heterocycles. The highest BCUT2D eigenvalue weighted by Gasteiger charge is 2.09. The fraction of sp³-hybridized carbons (Fsp3) is 0.125. The Kier molecular flexibility index (Phi) is 3.63. The summed E-state index contributed by atoms with van der Waals surface area (Å²) in [6.07, 6.45) is 0. The number of aromatic carboxylic acids is 1. The number of para-hydroxylation sites is 1. The van der Waals surface area contributed by atoms with Gasteiger partial charge in [-0.25, -0.2) is 4.79 Å². The van der Waals surface area contributed by atoms with Gasteiger partial charge in [0.05, 0.1) is 0 Å². The Morgan fingerprint density at radius 1 is 1.42 bits per heavy atom. The second kappa shape index (κ2) is 4.01. The molecular formula is C8H10O3S. The second-order valence-electron chi connectivity index (χ2n) is 1.98. The molecule has 0 unspecified atom stereocenters. The Morgan fingerprint density at radius 2 is 2.00 bits per heavy atom. The second-order valence-corrected chi connectivity index (χ2v) is 2.46. The largest absolute Gasteiger partial charge is 0.506 e. The summed E-state index contributed by atoms with van der Waals surface area (Å²) in [7, 11) is 0. The molecular weight excluding hydrogens is 176 g/mol. The Labute approximate surface area is 76.1 Å². The Hall–Kier alpha value is -1.16. The zero-order valence-corrected chi connectivity index (χ0v) is 6.38. The molecule has 0 saturated carbocycles. The van der Waals surface area contributed by atoms with Gasteiger partial charge < -0.3 is 10.2 Å². The van der Waals surface area contributed by atoms with Crippen LogP contribution in [0.25, 0.3) is 0 Å². The first-order valence-electron chi connectivity index (χ1n) is 2.87. The van der Waals surface area contributed by atoms with Crippen molar-refractivity contribution in [3.05, 3.63) is 23.8 Å². The van der Waals surface area contributed by atoms with E-state index in [0.29, 0.717) is 0 Å². The van der Waals surface area contributed by atoms with Gasteiger partial charge in [-0.15, -0.1) is 12.6 Å². The number of aromatic hydroxyl groups is 1. The van der Waals surface area contributed by atoms with Crippen molar-refractivity contribution in [2.45, 2.75) is 12.3 Å². The van der Waals surface area contributed by atoms with Crippen LogP contribution in [0.5, 0.6) is 5.75 Å². The normalized spacial score (nSPS) is 8.75. The van der Waals surface area contributed by atoms with Crippen LogP contribution in [0.15, 0.2) is 23.1 Å². The molecule has 2 N–H and O–H groups in total. The van der Waals surface area contributed by atoms with Crippen LogP contribution in [0.2, 0.25) is 0 Å². The first-order valence-corrected chi connectivity index (χ1v) is 3.32. The number of phenols is 1. The molecule has 1 rings (SSSR count). The molecule has 1 aromatic rings. The van der Waals surface area contributed by atoms with E-state index in [1.54, 1.807) is 0 Å². The molecule has 0 spiro atoms. The molecule has 0 aliphatic heterocycles. The SMILES string of the molecule is C.O=C(O)c1cccc(S)c1O. The summed E-state index contributed by atoms with van der Waals surface area (Å²) >= 11 is 3.85. The van der Waals surface area contributed by atoms with Crippen LogP contribution in [0.1, 0.15) is 17.8 Å². The van der Waals surface area contributed by atoms with Crippen molar-refractivity contribution in [1.82, 2.24) is 0 Å². The Morgan fingerprint density at radius 3 is 2.42 bits per heavy atom. The fourth-order valence-electron chi connectivity index (χ4n) is 0.704. The van der Waals surface area contributed by atoms with Crippen LogP contribution in [0.3, 0.4) is 0 Å². The average Bonchev–Trinajstić information content (AvgIpc) is 1.94. The molecule has 0 heterocycles. The van der Waals surface area contributed by atoms with E-state index in [4.69, 9.17) is 10.2 Å². The number of benzene rings is 1. The summed E-state index contributed by atoms with van der Waals surface area (Å²) in [4.78, 5) is 10.6. The number of carboxylic acid groups (broad SMARTS) is 1. The summed E-state index contributed by atoms with van der Waals surface area (Å²) in [6.45, 7) is 0. The molecule has 0 saturated heterocycles. The summed E-state index contributed by atoms with van der Waals surface area (Å²) in [5, 5.41) is 17.6. The Balaban J connectivity index is 0.00000121. The first kappa shape index (κ1) is 10.8. The average molecular weight is 186 g/mol. The predicted octanol–water partition coefficient (Wildman–Crippen LogP) is 2.02. The minimum absolute atomic E-state index is 0. The summed E-state index contributed by atoms with van der Waals surface area (Å²) < 4.78 is 0. The van der Waals surface area contributed by atoms with E-state index in [2.05, 4.69) is 12.6 Å². The molecule has 0 radical (unpaired) electrons.